The van der Waals surface area contributed by atoms with Gasteiger partial charge in [-0.25, -0.2) is 4.98 Å². The van der Waals surface area contributed by atoms with Crippen LogP contribution in [0.25, 0.3) is 0 Å². The van der Waals surface area contributed by atoms with Crippen molar-refractivity contribution in [1.29, 1.82) is 0 Å². The molecule has 1 aromatic rings. The highest BCUT2D eigenvalue weighted by Gasteiger charge is 2.19. The summed E-state index contributed by atoms with van der Waals surface area (Å²) >= 11 is 0. The largest absolute Gasteiger partial charge is 0.381 e. The summed E-state index contributed by atoms with van der Waals surface area (Å²) in [6.45, 7) is 4.46. The molecule has 0 aliphatic carbocycles. The summed E-state index contributed by atoms with van der Waals surface area (Å²) in [7, 11) is 3.91. The van der Waals surface area contributed by atoms with Gasteiger partial charge in [-0.3, -0.25) is 0 Å². The minimum atomic E-state index is 0.571. The fourth-order valence-electron chi connectivity index (χ4n) is 2.82. The molecule has 2 rings (SSSR count). The van der Waals surface area contributed by atoms with E-state index in [9.17, 15) is 0 Å². The van der Waals surface area contributed by atoms with E-state index in [1.165, 1.54) is 19.4 Å². The van der Waals surface area contributed by atoms with Gasteiger partial charge in [0.2, 0.25) is 0 Å². The van der Waals surface area contributed by atoms with Crippen molar-refractivity contribution in [1.82, 2.24) is 14.5 Å². The summed E-state index contributed by atoms with van der Waals surface area (Å²) in [4.78, 5) is 6.72. The lowest BCUT2D eigenvalue weighted by Gasteiger charge is -2.19. The number of likely N-dealkylation sites (tertiary alicyclic amines) is 1. The molecule has 1 aromatic heterocycles. The molecule has 0 aromatic carbocycles. The molecule has 1 atom stereocenters. The lowest BCUT2D eigenvalue weighted by molar-refractivity contribution is 0.108. The van der Waals surface area contributed by atoms with Gasteiger partial charge in [-0.05, 0) is 39.3 Å². The average molecular weight is 281 g/mol. The Morgan fingerprint density at radius 1 is 1.40 bits per heavy atom. The van der Waals surface area contributed by atoms with Crippen molar-refractivity contribution >= 4 is 0 Å². The predicted molar refractivity (Wildman–Crippen MR) is 78.6 cm³/mol. The van der Waals surface area contributed by atoms with Crippen molar-refractivity contribution in [3.05, 3.63) is 18.2 Å². The number of aromatic nitrogens is 2. The molecule has 0 spiro atoms. The second kappa shape index (κ2) is 8.39. The highest BCUT2D eigenvalue weighted by molar-refractivity contribution is 4.90. The van der Waals surface area contributed by atoms with Gasteiger partial charge in [-0.1, -0.05) is 0 Å². The van der Waals surface area contributed by atoms with E-state index in [1.807, 2.05) is 12.4 Å². The number of ether oxygens (including phenoxy) is 2. The maximum atomic E-state index is 5.75. The van der Waals surface area contributed by atoms with Gasteiger partial charge in [0.05, 0.1) is 0 Å². The van der Waals surface area contributed by atoms with Gasteiger partial charge in [0.15, 0.2) is 0 Å². The highest BCUT2D eigenvalue weighted by atomic mass is 16.5. The Balaban J connectivity index is 1.54. The van der Waals surface area contributed by atoms with Crippen LogP contribution >= 0.6 is 0 Å². The maximum Gasteiger partial charge on any atom is 0.134 e. The highest BCUT2D eigenvalue weighted by Crippen LogP contribution is 2.17. The van der Waals surface area contributed by atoms with Crippen LogP contribution in [0, 0.1) is 0 Å². The van der Waals surface area contributed by atoms with Gasteiger partial charge < -0.3 is 18.9 Å². The molecule has 1 aliphatic rings. The third-order valence-electron chi connectivity index (χ3n) is 4.03. The smallest absolute Gasteiger partial charge is 0.134 e. The Morgan fingerprint density at radius 2 is 2.30 bits per heavy atom. The second-order valence-corrected chi connectivity index (χ2v) is 5.50. The molecule has 0 bridgehead atoms. The molecule has 1 saturated heterocycles. The van der Waals surface area contributed by atoms with Crippen LogP contribution in [0.1, 0.15) is 31.5 Å². The minimum Gasteiger partial charge on any atom is -0.381 e. The number of methoxy groups -OCH3 is 1. The summed E-state index contributed by atoms with van der Waals surface area (Å²) in [5.41, 5.74) is 0. The summed E-state index contributed by atoms with van der Waals surface area (Å²) < 4.78 is 13.0. The summed E-state index contributed by atoms with van der Waals surface area (Å²) in [5, 5.41) is 0. The molecule has 1 fully saturated rings. The van der Waals surface area contributed by atoms with E-state index < -0.39 is 0 Å². The fraction of sp³-hybridized carbons (Fsp3) is 0.800. The number of hydrogen-bond donors (Lipinski definition) is 0. The Morgan fingerprint density at radius 3 is 3.05 bits per heavy atom. The Labute approximate surface area is 121 Å². The maximum absolute atomic E-state index is 5.75. The lowest BCUT2D eigenvalue weighted by atomic mass is 10.1. The predicted octanol–water partition coefficient (Wildman–Crippen LogP) is 1.92. The van der Waals surface area contributed by atoms with Gasteiger partial charge in [0, 0.05) is 45.3 Å². The summed E-state index contributed by atoms with van der Waals surface area (Å²) in [6, 6.07) is 0.733. The first kappa shape index (κ1) is 15.5. The van der Waals surface area contributed by atoms with Crippen LogP contribution in [-0.2, 0) is 22.6 Å². The van der Waals surface area contributed by atoms with Crippen LogP contribution in [0.2, 0.25) is 0 Å². The Kier molecular flexibility index (Phi) is 6.50. The molecular formula is C15H27N3O2. The van der Waals surface area contributed by atoms with E-state index >= 15 is 0 Å². The monoisotopic (exact) mass is 281 g/mol. The number of nitrogens with zero attached hydrogens (tertiary/aromatic N) is 3. The van der Waals surface area contributed by atoms with E-state index in [0.29, 0.717) is 6.61 Å². The zero-order valence-corrected chi connectivity index (χ0v) is 12.8. The Bertz CT molecular complexity index is 381. The molecule has 0 N–H and O–H groups in total. The van der Waals surface area contributed by atoms with Crippen LogP contribution in [0.3, 0.4) is 0 Å². The quantitative estimate of drug-likeness (QED) is 0.648. The minimum absolute atomic E-state index is 0.571. The molecule has 114 valence electrons. The normalized spacial score (nSPS) is 19.8. The van der Waals surface area contributed by atoms with Crippen molar-refractivity contribution in [2.45, 2.75) is 44.9 Å². The SMILES string of the molecule is COCc1nccn1CCCOCCC1CCCN1C. The van der Waals surface area contributed by atoms with Crippen LogP contribution in [0.4, 0.5) is 0 Å². The standard InChI is InChI=1S/C15H27N3O2/c1-17-8-3-5-14(17)6-12-20-11-4-9-18-10-7-16-15(18)13-19-2/h7,10,14H,3-6,8-9,11-13H2,1-2H3. The molecule has 20 heavy (non-hydrogen) atoms. The fourth-order valence-corrected chi connectivity index (χ4v) is 2.82. The second-order valence-electron chi connectivity index (χ2n) is 5.50. The van der Waals surface area contributed by atoms with Gasteiger partial charge in [-0.15, -0.1) is 0 Å². The summed E-state index contributed by atoms with van der Waals surface area (Å²) in [6.07, 6.45) is 8.68. The molecule has 0 radical (unpaired) electrons. The van der Waals surface area contributed by atoms with Crippen LogP contribution in [0.5, 0.6) is 0 Å². The van der Waals surface area contributed by atoms with Crippen molar-refractivity contribution in [2.75, 3.05) is 33.9 Å². The topological polar surface area (TPSA) is 39.5 Å². The van der Waals surface area contributed by atoms with E-state index in [4.69, 9.17) is 9.47 Å². The van der Waals surface area contributed by atoms with Crippen molar-refractivity contribution < 1.29 is 9.47 Å². The molecule has 5 nitrogen and oxygen atoms in total. The van der Waals surface area contributed by atoms with E-state index in [0.717, 1.165) is 44.5 Å². The first-order valence-corrected chi connectivity index (χ1v) is 7.58. The Hall–Kier alpha value is -0.910. The third kappa shape index (κ3) is 4.58. The van der Waals surface area contributed by atoms with Gasteiger partial charge in [-0.2, -0.15) is 0 Å². The van der Waals surface area contributed by atoms with E-state index in [1.54, 1.807) is 7.11 Å². The molecule has 0 amide bonds. The molecule has 0 saturated carbocycles. The molecule has 5 heteroatoms. The third-order valence-corrected chi connectivity index (χ3v) is 4.03. The first-order valence-electron chi connectivity index (χ1n) is 7.58. The van der Waals surface area contributed by atoms with E-state index in [-0.39, 0.29) is 0 Å². The molecule has 1 aliphatic heterocycles. The van der Waals surface area contributed by atoms with Gasteiger partial charge in [0.25, 0.3) is 0 Å². The number of hydrogen-bond acceptors (Lipinski definition) is 4. The zero-order chi connectivity index (χ0) is 14.2. The molecule has 2 heterocycles. The summed E-state index contributed by atoms with van der Waals surface area (Å²) in [5.74, 6) is 0.986. The van der Waals surface area contributed by atoms with Crippen molar-refractivity contribution in [3.63, 3.8) is 0 Å². The number of imidazole rings is 1. The average Bonchev–Trinajstić information content (AvgIpc) is 3.04. The molecule has 1 unspecified atom stereocenters. The molecular weight excluding hydrogens is 254 g/mol. The van der Waals surface area contributed by atoms with Crippen LogP contribution < -0.4 is 0 Å². The van der Waals surface area contributed by atoms with Gasteiger partial charge >= 0.3 is 0 Å². The lowest BCUT2D eigenvalue weighted by Crippen LogP contribution is -2.26. The van der Waals surface area contributed by atoms with Crippen LogP contribution in [-0.4, -0.2) is 54.4 Å². The van der Waals surface area contributed by atoms with E-state index in [2.05, 4.69) is 21.5 Å². The van der Waals surface area contributed by atoms with Gasteiger partial charge in [0.1, 0.15) is 12.4 Å². The zero-order valence-electron chi connectivity index (χ0n) is 12.8. The van der Waals surface area contributed by atoms with Crippen molar-refractivity contribution in [2.24, 2.45) is 0 Å². The number of aryl methyl sites for hydroxylation is 1. The van der Waals surface area contributed by atoms with Crippen molar-refractivity contribution in [3.8, 4) is 0 Å². The first-order chi connectivity index (χ1) is 9.81. The number of rotatable bonds is 9. The van der Waals surface area contributed by atoms with Crippen LogP contribution in [0.15, 0.2) is 12.4 Å².